The smallest absolute Gasteiger partial charge is 0.306 e. The minimum absolute atomic E-state index is 0.0595. The van der Waals surface area contributed by atoms with Crippen LogP contribution in [0.15, 0.2) is 47.3 Å². The molecule has 0 aliphatic carbocycles. The summed E-state index contributed by atoms with van der Waals surface area (Å²) in [6.07, 6.45) is 0.882. The summed E-state index contributed by atoms with van der Waals surface area (Å²) in [4.78, 5) is 42.3. The van der Waals surface area contributed by atoms with Crippen LogP contribution in [0.5, 0.6) is 11.5 Å². The summed E-state index contributed by atoms with van der Waals surface area (Å²) >= 11 is 0. The maximum atomic E-state index is 13.0. The molecule has 4 rings (SSSR count). The van der Waals surface area contributed by atoms with Crippen molar-refractivity contribution in [2.75, 3.05) is 12.1 Å². The SMILES string of the molecule is CCCCn1c(=O)c(CCC(=O)OC(C)C(=O)Nc2ccc3c(c2)OCO3)nc2ccccc21. The van der Waals surface area contributed by atoms with Crippen LogP contribution < -0.4 is 20.3 Å². The van der Waals surface area contributed by atoms with E-state index in [1.165, 1.54) is 6.92 Å². The molecule has 178 valence electrons. The van der Waals surface area contributed by atoms with Crippen molar-refractivity contribution in [1.82, 2.24) is 9.55 Å². The monoisotopic (exact) mass is 465 g/mol. The Kier molecular flexibility index (Phi) is 7.10. The number of carbonyl (C=O) groups excluding carboxylic acids is 2. The second-order valence-corrected chi connectivity index (χ2v) is 8.05. The second-order valence-electron chi connectivity index (χ2n) is 8.05. The van der Waals surface area contributed by atoms with Gasteiger partial charge in [-0.2, -0.15) is 0 Å². The Bertz CT molecular complexity index is 1270. The average Bonchev–Trinajstić information content (AvgIpc) is 3.30. The Morgan fingerprint density at radius 1 is 1.18 bits per heavy atom. The highest BCUT2D eigenvalue weighted by molar-refractivity contribution is 5.95. The van der Waals surface area contributed by atoms with Crippen molar-refractivity contribution in [3.8, 4) is 11.5 Å². The molecule has 2 heterocycles. The fraction of sp³-hybridized carbons (Fsp3) is 0.360. The van der Waals surface area contributed by atoms with E-state index < -0.39 is 18.0 Å². The number of fused-ring (bicyclic) bond motifs is 2. The predicted octanol–water partition coefficient (Wildman–Crippen LogP) is 3.43. The van der Waals surface area contributed by atoms with Gasteiger partial charge < -0.3 is 24.1 Å². The average molecular weight is 466 g/mol. The van der Waals surface area contributed by atoms with Gasteiger partial charge in [0.05, 0.1) is 17.5 Å². The largest absolute Gasteiger partial charge is 0.454 e. The van der Waals surface area contributed by atoms with Crippen molar-refractivity contribution in [3.63, 3.8) is 0 Å². The van der Waals surface area contributed by atoms with Gasteiger partial charge in [0.25, 0.3) is 11.5 Å². The van der Waals surface area contributed by atoms with Gasteiger partial charge in [-0.15, -0.1) is 0 Å². The van der Waals surface area contributed by atoms with Crippen LogP contribution in [0.3, 0.4) is 0 Å². The molecule has 0 bridgehead atoms. The first kappa shape index (κ1) is 23.3. The first-order valence-electron chi connectivity index (χ1n) is 11.3. The summed E-state index contributed by atoms with van der Waals surface area (Å²) in [5, 5.41) is 2.69. The molecule has 1 aliphatic heterocycles. The third-order valence-electron chi connectivity index (χ3n) is 5.54. The zero-order chi connectivity index (χ0) is 24.1. The van der Waals surface area contributed by atoms with Crippen molar-refractivity contribution in [1.29, 1.82) is 0 Å². The summed E-state index contributed by atoms with van der Waals surface area (Å²) < 4.78 is 17.5. The number of rotatable bonds is 9. The number of nitrogens with one attached hydrogen (secondary N) is 1. The minimum Gasteiger partial charge on any atom is -0.454 e. The Labute approximate surface area is 196 Å². The molecular formula is C25H27N3O6. The van der Waals surface area contributed by atoms with Crippen LogP contribution in [0.2, 0.25) is 0 Å². The van der Waals surface area contributed by atoms with Crippen molar-refractivity contribution >= 4 is 28.6 Å². The quantitative estimate of drug-likeness (QED) is 0.482. The zero-order valence-electron chi connectivity index (χ0n) is 19.2. The van der Waals surface area contributed by atoms with E-state index in [0.717, 1.165) is 18.4 Å². The van der Waals surface area contributed by atoms with Gasteiger partial charge in [0, 0.05) is 24.7 Å². The number of esters is 1. The summed E-state index contributed by atoms with van der Waals surface area (Å²) in [6.45, 7) is 4.28. The number of hydrogen-bond donors (Lipinski definition) is 1. The van der Waals surface area contributed by atoms with E-state index in [1.807, 2.05) is 24.3 Å². The first-order valence-corrected chi connectivity index (χ1v) is 11.3. The highest BCUT2D eigenvalue weighted by Crippen LogP contribution is 2.34. The van der Waals surface area contributed by atoms with Crippen molar-refractivity contribution in [3.05, 3.63) is 58.5 Å². The molecule has 3 aromatic rings. The third kappa shape index (κ3) is 5.19. The van der Waals surface area contributed by atoms with Gasteiger partial charge in [-0.3, -0.25) is 14.4 Å². The molecule has 1 atom stereocenters. The Balaban J connectivity index is 1.37. The molecule has 0 saturated heterocycles. The number of amides is 1. The topological polar surface area (TPSA) is 109 Å². The molecule has 9 heteroatoms. The van der Waals surface area contributed by atoms with Gasteiger partial charge in [0.2, 0.25) is 6.79 Å². The molecule has 0 spiro atoms. The predicted molar refractivity (Wildman–Crippen MR) is 126 cm³/mol. The maximum Gasteiger partial charge on any atom is 0.306 e. The number of unbranched alkanes of at least 4 members (excludes halogenated alkanes) is 1. The number of aryl methyl sites for hydroxylation is 2. The molecule has 9 nitrogen and oxygen atoms in total. The lowest BCUT2D eigenvalue weighted by molar-refractivity contribution is -0.153. The van der Waals surface area contributed by atoms with Gasteiger partial charge in [-0.1, -0.05) is 25.5 Å². The number of ether oxygens (including phenoxy) is 3. The molecule has 1 N–H and O–H groups in total. The number of anilines is 1. The second kappa shape index (κ2) is 10.4. The van der Waals surface area contributed by atoms with E-state index in [1.54, 1.807) is 22.8 Å². The number of carbonyl (C=O) groups is 2. The number of nitrogens with zero attached hydrogens (tertiary/aromatic N) is 2. The van der Waals surface area contributed by atoms with Gasteiger partial charge in [-0.25, -0.2) is 4.98 Å². The molecule has 1 aromatic heterocycles. The van der Waals surface area contributed by atoms with Crippen LogP contribution in [0.1, 0.15) is 38.8 Å². The van der Waals surface area contributed by atoms with Gasteiger partial charge >= 0.3 is 5.97 Å². The van der Waals surface area contributed by atoms with E-state index in [9.17, 15) is 14.4 Å². The van der Waals surface area contributed by atoms with Crippen molar-refractivity contribution in [2.24, 2.45) is 0 Å². The van der Waals surface area contributed by atoms with Crippen LogP contribution in [0, 0.1) is 0 Å². The van der Waals surface area contributed by atoms with Crippen LogP contribution in [-0.4, -0.2) is 34.3 Å². The summed E-state index contributed by atoms with van der Waals surface area (Å²) in [6, 6.07) is 12.5. The fourth-order valence-corrected chi connectivity index (χ4v) is 3.69. The number of para-hydroxylation sites is 2. The highest BCUT2D eigenvalue weighted by Gasteiger charge is 2.20. The molecule has 0 radical (unpaired) electrons. The van der Waals surface area contributed by atoms with Crippen molar-refractivity contribution < 1.29 is 23.8 Å². The lowest BCUT2D eigenvalue weighted by Gasteiger charge is -2.14. The van der Waals surface area contributed by atoms with Crippen molar-refractivity contribution in [2.45, 2.75) is 52.2 Å². The van der Waals surface area contributed by atoms with E-state index >= 15 is 0 Å². The van der Waals surface area contributed by atoms with E-state index in [4.69, 9.17) is 14.2 Å². The summed E-state index contributed by atoms with van der Waals surface area (Å²) in [5.74, 6) is 0.0872. The molecule has 1 aliphatic rings. The number of hydrogen-bond acceptors (Lipinski definition) is 7. The zero-order valence-corrected chi connectivity index (χ0v) is 19.2. The first-order chi connectivity index (χ1) is 16.5. The van der Waals surface area contributed by atoms with E-state index in [0.29, 0.717) is 34.9 Å². The molecule has 34 heavy (non-hydrogen) atoms. The van der Waals surface area contributed by atoms with Crippen LogP contribution in [0.4, 0.5) is 5.69 Å². The third-order valence-corrected chi connectivity index (χ3v) is 5.54. The minimum atomic E-state index is -1.01. The molecule has 0 saturated carbocycles. The van der Waals surface area contributed by atoms with E-state index in [-0.39, 0.29) is 25.2 Å². The Hall–Kier alpha value is -3.88. The Morgan fingerprint density at radius 3 is 2.79 bits per heavy atom. The van der Waals surface area contributed by atoms with Gasteiger partial charge in [-0.05, 0) is 37.6 Å². The van der Waals surface area contributed by atoms with Crippen LogP contribution in [0.25, 0.3) is 11.0 Å². The van der Waals surface area contributed by atoms with Crippen LogP contribution in [-0.2, 0) is 27.3 Å². The lowest BCUT2D eigenvalue weighted by Crippen LogP contribution is -2.30. The standard InChI is InChI=1S/C25H27N3O6/c1-3-4-13-28-20-8-6-5-7-18(20)27-19(25(28)31)10-12-23(29)34-16(2)24(30)26-17-9-11-21-22(14-17)33-15-32-21/h5-9,11,14,16H,3-4,10,12-13,15H2,1-2H3,(H,26,30). The van der Waals surface area contributed by atoms with E-state index in [2.05, 4.69) is 17.2 Å². The lowest BCUT2D eigenvalue weighted by atomic mass is 10.2. The summed E-state index contributed by atoms with van der Waals surface area (Å²) in [5.41, 5.74) is 2.10. The molecule has 1 amide bonds. The maximum absolute atomic E-state index is 13.0. The van der Waals surface area contributed by atoms with Gasteiger partial charge in [0.15, 0.2) is 17.6 Å². The molecular weight excluding hydrogens is 438 g/mol. The number of benzene rings is 2. The molecule has 0 fully saturated rings. The summed E-state index contributed by atoms with van der Waals surface area (Å²) in [7, 11) is 0. The highest BCUT2D eigenvalue weighted by atomic mass is 16.7. The Morgan fingerprint density at radius 2 is 1.97 bits per heavy atom. The normalized spacial score (nSPS) is 13.0. The molecule has 2 aromatic carbocycles. The molecule has 1 unspecified atom stereocenters. The number of aromatic nitrogens is 2. The van der Waals surface area contributed by atoms with Crippen LogP contribution >= 0.6 is 0 Å². The van der Waals surface area contributed by atoms with Gasteiger partial charge in [0.1, 0.15) is 5.69 Å². The fourth-order valence-electron chi connectivity index (χ4n) is 3.69.